The lowest BCUT2D eigenvalue weighted by Gasteiger charge is -2.08. The summed E-state index contributed by atoms with van der Waals surface area (Å²) in [4.78, 5) is 4.11. The van der Waals surface area contributed by atoms with Crippen molar-refractivity contribution >= 4 is 0 Å². The molecule has 0 saturated heterocycles. The predicted molar refractivity (Wildman–Crippen MR) is 70.4 cm³/mol. The Labute approximate surface area is 105 Å². The van der Waals surface area contributed by atoms with Gasteiger partial charge < -0.3 is 0 Å². The van der Waals surface area contributed by atoms with Gasteiger partial charge >= 0.3 is 0 Å². The van der Waals surface area contributed by atoms with Gasteiger partial charge in [0.25, 0.3) is 0 Å². The summed E-state index contributed by atoms with van der Waals surface area (Å²) in [7, 11) is 0. The van der Waals surface area contributed by atoms with Crippen molar-refractivity contribution in [3.05, 3.63) is 30.1 Å². The molecule has 2 nitrogen and oxygen atoms in total. The second-order valence-electron chi connectivity index (χ2n) is 4.76. The van der Waals surface area contributed by atoms with E-state index in [-0.39, 0.29) is 0 Å². The highest BCUT2D eigenvalue weighted by atomic mass is 14.6. The molecule has 0 aliphatic rings. The van der Waals surface area contributed by atoms with Crippen molar-refractivity contribution in [3.63, 3.8) is 0 Å². The molecule has 1 heterocycles. The Bertz CT molecular complexity index is 327. The zero-order chi connectivity index (χ0) is 12.3. The third-order valence-electron chi connectivity index (χ3n) is 3.13. The molecule has 0 aliphatic heterocycles. The Kier molecular flexibility index (Phi) is 7.06. The van der Waals surface area contributed by atoms with Gasteiger partial charge in [-0.25, -0.2) is 0 Å². The molecule has 2 heteroatoms. The minimum atomic E-state index is 0.702. The second-order valence-corrected chi connectivity index (χ2v) is 4.76. The molecule has 17 heavy (non-hydrogen) atoms. The molecule has 1 rings (SSSR count). The summed E-state index contributed by atoms with van der Waals surface area (Å²) in [5.74, 6) is 0.702. The number of nitriles is 1. The smallest absolute Gasteiger partial charge is 0.0621 e. The number of rotatable bonds is 8. The molecule has 1 atom stereocenters. The van der Waals surface area contributed by atoms with Crippen LogP contribution < -0.4 is 0 Å². The number of hydrogen-bond donors (Lipinski definition) is 0. The molecular weight excluding hydrogens is 208 g/mol. The fourth-order valence-electron chi connectivity index (χ4n) is 2.00. The maximum Gasteiger partial charge on any atom is 0.0621 e. The minimum absolute atomic E-state index is 0.702. The molecule has 1 aromatic rings. The van der Waals surface area contributed by atoms with E-state index in [2.05, 4.69) is 24.0 Å². The second kappa shape index (κ2) is 8.75. The van der Waals surface area contributed by atoms with E-state index in [4.69, 9.17) is 5.26 Å². The van der Waals surface area contributed by atoms with Gasteiger partial charge in [0.15, 0.2) is 0 Å². The van der Waals surface area contributed by atoms with E-state index in [9.17, 15) is 0 Å². The van der Waals surface area contributed by atoms with Crippen LogP contribution >= 0.6 is 0 Å². The normalized spacial score (nSPS) is 12.0. The van der Waals surface area contributed by atoms with Crippen molar-refractivity contribution in [3.8, 4) is 6.07 Å². The van der Waals surface area contributed by atoms with Gasteiger partial charge in [0.1, 0.15) is 0 Å². The van der Waals surface area contributed by atoms with Crippen molar-refractivity contribution in [1.29, 1.82) is 5.26 Å². The molecule has 0 spiro atoms. The number of pyridine rings is 1. The number of aryl methyl sites for hydroxylation is 1. The van der Waals surface area contributed by atoms with Crippen LogP contribution in [-0.2, 0) is 6.42 Å². The SMILES string of the molecule is CC(CCC#N)CCCCCc1cccnc1. The molecule has 0 aliphatic carbocycles. The van der Waals surface area contributed by atoms with E-state index in [1.165, 1.54) is 31.2 Å². The Balaban J connectivity index is 2.00. The lowest BCUT2D eigenvalue weighted by molar-refractivity contribution is 0.466. The maximum atomic E-state index is 8.49. The van der Waals surface area contributed by atoms with E-state index < -0.39 is 0 Å². The molecular formula is C15H22N2. The van der Waals surface area contributed by atoms with Crippen LogP contribution in [0.1, 0.15) is 51.0 Å². The number of unbranched alkanes of at least 4 members (excludes halogenated alkanes) is 2. The van der Waals surface area contributed by atoms with Crippen LogP contribution in [0.25, 0.3) is 0 Å². The Morgan fingerprint density at radius 1 is 1.29 bits per heavy atom. The van der Waals surface area contributed by atoms with Crippen LogP contribution in [0, 0.1) is 17.2 Å². The molecule has 1 unspecified atom stereocenters. The number of nitrogens with zero attached hydrogens (tertiary/aromatic N) is 2. The van der Waals surface area contributed by atoms with E-state index in [0.29, 0.717) is 12.3 Å². The highest BCUT2D eigenvalue weighted by Crippen LogP contribution is 2.15. The lowest BCUT2D eigenvalue weighted by Crippen LogP contribution is -1.94. The third kappa shape index (κ3) is 6.73. The Morgan fingerprint density at radius 3 is 2.88 bits per heavy atom. The Morgan fingerprint density at radius 2 is 2.18 bits per heavy atom. The highest BCUT2D eigenvalue weighted by Gasteiger charge is 2.01. The van der Waals surface area contributed by atoms with Gasteiger partial charge in [-0.1, -0.05) is 32.3 Å². The van der Waals surface area contributed by atoms with Gasteiger partial charge in [-0.3, -0.25) is 4.98 Å². The van der Waals surface area contributed by atoms with Crippen molar-refractivity contribution in [2.45, 2.75) is 51.9 Å². The van der Waals surface area contributed by atoms with E-state index in [1.54, 1.807) is 0 Å². The van der Waals surface area contributed by atoms with Crippen molar-refractivity contribution in [1.82, 2.24) is 4.98 Å². The summed E-state index contributed by atoms with van der Waals surface area (Å²) in [6.45, 7) is 2.25. The molecule has 0 amide bonds. The van der Waals surface area contributed by atoms with Crippen molar-refractivity contribution < 1.29 is 0 Å². The van der Waals surface area contributed by atoms with Gasteiger partial charge in [-0.2, -0.15) is 5.26 Å². The van der Waals surface area contributed by atoms with E-state index in [1.807, 2.05) is 18.5 Å². The van der Waals surface area contributed by atoms with Crippen LogP contribution in [0.3, 0.4) is 0 Å². The topological polar surface area (TPSA) is 36.7 Å². The predicted octanol–water partition coefficient (Wildman–Crippen LogP) is 4.12. The first-order valence-electron chi connectivity index (χ1n) is 6.58. The molecule has 1 aromatic heterocycles. The summed E-state index contributed by atoms with van der Waals surface area (Å²) >= 11 is 0. The highest BCUT2D eigenvalue weighted by molar-refractivity contribution is 5.08. The van der Waals surface area contributed by atoms with Gasteiger partial charge in [-0.15, -0.1) is 0 Å². The summed E-state index contributed by atoms with van der Waals surface area (Å²) < 4.78 is 0. The summed E-state index contributed by atoms with van der Waals surface area (Å²) in [5, 5.41) is 8.49. The van der Waals surface area contributed by atoms with Crippen LogP contribution in [0.5, 0.6) is 0 Å². The van der Waals surface area contributed by atoms with Crippen LogP contribution in [0.15, 0.2) is 24.5 Å². The fraction of sp³-hybridized carbons (Fsp3) is 0.600. The van der Waals surface area contributed by atoms with Gasteiger partial charge in [0.05, 0.1) is 6.07 Å². The van der Waals surface area contributed by atoms with Crippen molar-refractivity contribution in [2.24, 2.45) is 5.92 Å². The largest absolute Gasteiger partial charge is 0.264 e. The first kappa shape index (κ1) is 13.7. The molecule has 0 N–H and O–H groups in total. The van der Waals surface area contributed by atoms with Gasteiger partial charge in [0, 0.05) is 18.8 Å². The zero-order valence-corrected chi connectivity index (χ0v) is 10.7. The summed E-state index contributed by atoms with van der Waals surface area (Å²) in [5.41, 5.74) is 1.34. The first-order valence-corrected chi connectivity index (χ1v) is 6.58. The molecule has 0 radical (unpaired) electrons. The van der Waals surface area contributed by atoms with Crippen LogP contribution in [-0.4, -0.2) is 4.98 Å². The standard InChI is InChI=1S/C15H22N2/c1-14(8-5-11-16)7-3-2-4-9-15-10-6-12-17-13-15/h6,10,12-14H,2-5,7-9H2,1H3. The fourth-order valence-corrected chi connectivity index (χ4v) is 2.00. The third-order valence-corrected chi connectivity index (χ3v) is 3.13. The minimum Gasteiger partial charge on any atom is -0.264 e. The van der Waals surface area contributed by atoms with E-state index in [0.717, 1.165) is 12.8 Å². The van der Waals surface area contributed by atoms with Gasteiger partial charge in [-0.05, 0) is 36.8 Å². The molecule has 92 valence electrons. The number of aromatic nitrogens is 1. The Hall–Kier alpha value is -1.36. The summed E-state index contributed by atoms with van der Waals surface area (Å²) in [6.07, 6.45) is 11.7. The summed E-state index contributed by atoms with van der Waals surface area (Å²) in [6, 6.07) is 6.36. The molecule has 0 aromatic carbocycles. The zero-order valence-electron chi connectivity index (χ0n) is 10.7. The van der Waals surface area contributed by atoms with E-state index >= 15 is 0 Å². The maximum absolute atomic E-state index is 8.49. The van der Waals surface area contributed by atoms with Crippen molar-refractivity contribution in [2.75, 3.05) is 0 Å². The quantitative estimate of drug-likeness (QED) is 0.630. The van der Waals surface area contributed by atoms with Crippen LogP contribution in [0.4, 0.5) is 0 Å². The monoisotopic (exact) mass is 230 g/mol. The van der Waals surface area contributed by atoms with Crippen LogP contribution in [0.2, 0.25) is 0 Å². The average Bonchev–Trinajstić information content (AvgIpc) is 2.37. The molecule has 0 saturated carbocycles. The molecule has 0 fully saturated rings. The number of hydrogen-bond acceptors (Lipinski definition) is 2. The first-order chi connectivity index (χ1) is 8.33. The van der Waals surface area contributed by atoms with Gasteiger partial charge in [0.2, 0.25) is 0 Å². The lowest BCUT2D eigenvalue weighted by atomic mass is 9.98. The average molecular weight is 230 g/mol. The molecule has 0 bridgehead atoms.